The molecule has 1 fully saturated rings. The predicted octanol–water partition coefficient (Wildman–Crippen LogP) is 1.42. The second kappa shape index (κ2) is 10.7. The number of anilines is 1. The second-order valence-corrected chi connectivity index (χ2v) is 7.27. The average molecular weight is 506 g/mol. The molecule has 3 aromatic rings. The number of pyridine rings is 1. The van der Waals surface area contributed by atoms with Gasteiger partial charge in [-0.3, -0.25) is 4.79 Å². The Hall–Kier alpha value is -3.32. The van der Waals surface area contributed by atoms with Gasteiger partial charge < -0.3 is 36.0 Å². The first-order valence-corrected chi connectivity index (χ1v) is 9.38. The summed E-state index contributed by atoms with van der Waals surface area (Å²) in [4.78, 5) is 26.1. The van der Waals surface area contributed by atoms with E-state index in [1.807, 2.05) is 0 Å². The molecule has 0 bridgehead atoms. The van der Waals surface area contributed by atoms with Gasteiger partial charge in [-0.25, -0.2) is 18.0 Å². The highest BCUT2D eigenvalue weighted by Gasteiger charge is 2.29. The molecule has 7 N–H and O–H groups in total. The van der Waals surface area contributed by atoms with Gasteiger partial charge in [0.25, 0.3) is 0 Å². The van der Waals surface area contributed by atoms with E-state index < -0.39 is 34.4 Å². The van der Waals surface area contributed by atoms with Crippen LogP contribution in [0, 0.1) is 17.5 Å². The van der Waals surface area contributed by atoms with Crippen LogP contribution in [0.2, 0.25) is 0 Å². The van der Waals surface area contributed by atoms with Crippen molar-refractivity contribution in [3.63, 3.8) is 0 Å². The molecule has 1 aliphatic rings. The Bertz CT molecular complexity index is 1290. The van der Waals surface area contributed by atoms with Crippen molar-refractivity contribution in [2.75, 3.05) is 25.1 Å². The van der Waals surface area contributed by atoms with Crippen LogP contribution in [-0.4, -0.2) is 52.8 Å². The topological polar surface area (TPSA) is 161 Å². The smallest absolute Gasteiger partial charge is 0.341 e. The number of fused-ring (bicyclic) bond motifs is 1. The Balaban J connectivity index is 0.00000193. The number of aromatic carboxylic acids is 1. The summed E-state index contributed by atoms with van der Waals surface area (Å²) in [5, 5.41) is 9.13. The third kappa shape index (κ3) is 4.66. The lowest BCUT2D eigenvalue weighted by Gasteiger charge is -2.24. The van der Waals surface area contributed by atoms with E-state index >= 15 is 4.39 Å². The number of hydrogen-bond acceptors (Lipinski definition) is 5. The molecule has 1 aromatic heterocycles. The van der Waals surface area contributed by atoms with Crippen molar-refractivity contribution in [1.82, 2.24) is 4.57 Å². The minimum atomic E-state index is -1.57. The van der Waals surface area contributed by atoms with Crippen molar-refractivity contribution in [3.05, 3.63) is 63.7 Å². The van der Waals surface area contributed by atoms with Crippen LogP contribution in [0.4, 0.5) is 18.9 Å². The molecule has 2 heterocycles. The van der Waals surface area contributed by atoms with Gasteiger partial charge in [-0.05, 0) is 24.6 Å². The first-order chi connectivity index (χ1) is 14.7. The Labute approximate surface area is 197 Å². The SMILES string of the molecule is COc1c(N2CCC(N)C2)c(F)cc2c(=O)c(C(=O)O)cn(-c3ccc(F)cc3F)c12.Cl.O.O. The number of hydrogen-bond donors (Lipinski definition) is 2. The lowest BCUT2D eigenvalue weighted by atomic mass is 10.1. The molecule has 0 amide bonds. The molecule has 4 rings (SSSR count). The molecule has 0 radical (unpaired) electrons. The normalized spacial score (nSPS) is 14.7. The number of benzene rings is 2. The number of carbonyl (C=O) groups is 1. The highest BCUT2D eigenvalue weighted by atomic mass is 35.5. The van der Waals surface area contributed by atoms with Crippen LogP contribution in [0.25, 0.3) is 16.6 Å². The lowest BCUT2D eigenvalue weighted by molar-refractivity contribution is 0.0695. The zero-order valence-corrected chi connectivity index (χ0v) is 18.6. The fraction of sp³-hybridized carbons (Fsp3) is 0.238. The summed E-state index contributed by atoms with van der Waals surface area (Å²) in [6, 6.07) is 3.42. The zero-order chi connectivity index (χ0) is 22.4. The number of halogens is 4. The van der Waals surface area contributed by atoms with Crippen molar-refractivity contribution in [3.8, 4) is 11.4 Å². The highest BCUT2D eigenvalue weighted by molar-refractivity contribution is 5.97. The number of carboxylic acid groups (broad SMARTS) is 1. The maximum Gasteiger partial charge on any atom is 0.341 e. The summed E-state index contributed by atoms with van der Waals surface area (Å²) in [5.41, 5.74) is 4.04. The number of aromatic nitrogens is 1. The van der Waals surface area contributed by atoms with Gasteiger partial charge in [-0.1, -0.05) is 0 Å². The van der Waals surface area contributed by atoms with E-state index in [2.05, 4.69) is 0 Å². The molecule has 9 nitrogen and oxygen atoms in total. The number of rotatable bonds is 4. The first-order valence-electron chi connectivity index (χ1n) is 9.38. The number of nitrogens with zero attached hydrogens (tertiary/aromatic N) is 2. The summed E-state index contributed by atoms with van der Waals surface area (Å²) in [6.07, 6.45) is 1.53. The third-order valence-electron chi connectivity index (χ3n) is 5.32. The molecule has 0 aliphatic carbocycles. The third-order valence-corrected chi connectivity index (χ3v) is 5.32. The van der Waals surface area contributed by atoms with Gasteiger partial charge in [0.1, 0.15) is 28.4 Å². The first kappa shape index (κ1) is 28.7. The van der Waals surface area contributed by atoms with E-state index in [-0.39, 0.29) is 57.4 Å². The molecule has 186 valence electrons. The van der Waals surface area contributed by atoms with Crippen molar-refractivity contribution < 1.29 is 38.8 Å². The van der Waals surface area contributed by atoms with Crippen LogP contribution in [0.15, 0.2) is 35.3 Å². The van der Waals surface area contributed by atoms with E-state index in [0.29, 0.717) is 25.6 Å². The molecule has 1 aliphatic heterocycles. The molecule has 1 atom stereocenters. The molecular weight excluding hydrogens is 483 g/mol. The van der Waals surface area contributed by atoms with Gasteiger partial charge in [-0.15, -0.1) is 12.4 Å². The largest absolute Gasteiger partial charge is 0.492 e. The van der Waals surface area contributed by atoms with Crippen molar-refractivity contribution in [1.29, 1.82) is 0 Å². The van der Waals surface area contributed by atoms with E-state index in [9.17, 15) is 23.5 Å². The van der Waals surface area contributed by atoms with E-state index in [1.54, 1.807) is 4.90 Å². The van der Waals surface area contributed by atoms with Crippen molar-refractivity contribution >= 4 is 35.0 Å². The predicted molar refractivity (Wildman–Crippen MR) is 122 cm³/mol. The molecule has 2 aromatic carbocycles. The number of nitrogens with two attached hydrogens (primary N) is 1. The van der Waals surface area contributed by atoms with Crippen molar-refractivity contribution in [2.24, 2.45) is 5.73 Å². The van der Waals surface area contributed by atoms with E-state index in [0.717, 1.165) is 29.0 Å². The average Bonchev–Trinajstić information content (AvgIpc) is 3.13. The summed E-state index contributed by atoms with van der Waals surface area (Å²) in [7, 11) is 1.26. The minimum absolute atomic E-state index is 0. The molecular formula is C21H23ClF3N3O6. The van der Waals surface area contributed by atoms with Crippen LogP contribution in [0.5, 0.6) is 5.75 Å². The summed E-state index contributed by atoms with van der Waals surface area (Å²) in [6.45, 7) is 0.767. The van der Waals surface area contributed by atoms with Gasteiger partial charge in [0.05, 0.1) is 18.2 Å². The quantitative estimate of drug-likeness (QED) is 0.545. The summed E-state index contributed by atoms with van der Waals surface area (Å²) < 4.78 is 49.8. The number of carboxylic acids is 1. The highest BCUT2D eigenvalue weighted by Crippen LogP contribution is 2.40. The van der Waals surface area contributed by atoms with Gasteiger partial charge in [-0.2, -0.15) is 0 Å². The van der Waals surface area contributed by atoms with Gasteiger partial charge >= 0.3 is 5.97 Å². The number of ether oxygens (including phenoxy) is 1. The maximum absolute atomic E-state index is 15.1. The van der Waals surface area contributed by atoms with Crippen LogP contribution >= 0.6 is 12.4 Å². The summed E-state index contributed by atoms with van der Waals surface area (Å²) >= 11 is 0. The van der Waals surface area contributed by atoms with Gasteiger partial charge in [0.2, 0.25) is 5.43 Å². The molecule has 0 spiro atoms. The monoisotopic (exact) mass is 505 g/mol. The minimum Gasteiger partial charge on any atom is -0.492 e. The molecule has 34 heavy (non-hydrogen) atoms. The van der Waals surface area contributed by atoms with Crippen LogP contribution in [0.3, 0.4) is 0 Å². The molecule has 1 unspecified atom stereocenters. The fourth-order valence-electron chi connectivity index (χ4n) is 3.91. The Morgan fingerprint density at radius 2 is 1.85 bits per heavy atom. The van der Waals surface area contributed by atoms with E-state index in [1.165, 1.54) is 7.11 Å². The molecule has 0 saturated carbocycles. The van der Waals surface area contributed by atoms with Crippen LogP contribution in [0.1, 0.15) is 16.8 Å². The Kier molecular flexibility index (Phi) is 9.07. The van der Waals surface area contributed by atoms with Crippen molar-refractivity contribution in [2.45, 2.75) is 12.5 Å². The maximum atomic E-state index is 15.1. The van der Waals surface area contributed by atoms with Gasteiger partial charge in [0, 0.05) is 31.4 Å². The fourth-order valence-corrected chi connectivity index (χ4v) is 3.91. The zero-order valence-electron chi connectivity index (χ0n) is 17.8. The molecule has 1 saturated heterocycles. The van der Waals surface area contributed by atoms with E-state index in [4.69, 9.17) is 10.5 Å². The standard InChI is InChI=1S/C21H18F3N3O4.ClH.2H2O/c1-31-20-17-12(7-15(24)18(20)26-5-4-11(25)8-26)19(28)13(21(29)30)9-27(17)16-3-2-10(22)6-14(16)23;;;/h2-3,6-7,9,11H,4-5,8,25H2,1H3,(H,29,30);1H;2*1H2. The van der Waals surface area contributed by atoms with Crippen LogP contribution in [-0.2, 0) is 0 Å². The lowest BCUT2D eigenvalue weighted by Crippen LogP contribution is -2.28. The second-order valence-electron chi connectivity index (χ2n) is 7.27. The van der Waals surface area contributed by atoms with Gasteiger partial charge in [0.15, 0.2) is 11.6 Å². The Morgan fingerprint density at radius 3 is 2.38 bits per heavy atom. The van der Waals surface area contributed by atoms with Crippen LogP contribution < -0.4 is 20.8 Å². The summed E-state index contributed by atoms with van der Waals surface area (Å²) in [5.74, 6) is -4.30. The number of methoxy groups -OCH3 is 1. The Morgan fingerprint density at radius 1 is 1.18 bits per heavy atom. The molecule has 13 heteroatoms.